The molecule has 0 atom stereocenters. The SMILES string of the molecule is CCCCCCCCC(=O)N(CC)CC(=O)O. The smallest absolute Gasteiger partial charge is 0.323 e. The van der Waals surface area contributed by atoms with Gasteiger partial charge in [0.1, 0.15) is 6.54 Å². The van der Waals surface area contributed by atoms with Gasteiger partial charge >= 0.3 is 5.97 Å². The quantitative estimate of drug-likeness (QED) is 0.600. The second kappa shape index (κ2) is 10.1. The van der Waals surface area contributed by atoms with Crippen LogP contribution in [0.4, 0.5) is 0 Å². The van der Waals surface area contributed by atoms with Crippen LogP contribution < -0.4 is 0 Å². The van der Waals surface area contributed by atoms with Crippen molar-refractivity contribution in [1.29, 1.82) is 0 Å². The topological polar surface area (TPSA) is 57.6 Å². The zero-order valence-corrected chi connectivity index (χ0v) is 11.1. The predicted molar refractivity (Wildman–Crippen MR) is 67.9 cm³/mol. The molecule has 0 rings (SSSR count). The van der Waals surface area contributed by atoms with E-state index < -0.39 is 5.97 Å². The Balaban J connectivity index is 3.64. The number of carboxylic acids is 1. The summed E-state index contributed by atoms with van der Waals surface area (Å²) in [4.78, 5) is 23.6. The molecule has 17 heavy (non-hydrogen) atoms. The Labute approximate surface area is 104 Å². The molecule has 0 aliphatic heterocycles. The number of likely N-dealkylation sites (N-methyl/N-ethyl adjacent to an activating group) is 1. The van der Waals surface area contributed by atoms with Gasteiger partial charge < -0.3 is 10.0 Å². The summed E-state index contributed by atoms with van der Waals surface area (Å²) in [5.41, 5.74) is 0. The van der Waals surface area contributed by atoms with Gasteiger partial charge in [-0.15, -0.1) is 0 Å². The number of hydrogen-bond donors (Lipinski definition) is 1. The normalized spacial score (nSPS) is 10.2. The Morgan fingerprint density at radius 1 is 1.00 bits per heavy atom. The number of hydrogen-bond acceptors (Lipinski definition) is 2. The van der Waals surface area contributed by atoms with Gasteiger partial charge in [-0.1, -0.05) is 39.0 Å². The maximum atomic E-state index is 11.7. The van der Waals surface area contributed by atoms with Gasteiger partial charge in [-0.2, -0.15) is 0 Å². The summed E-state index contributed by atoms with van der Waals surface area (Å²) < 4.78 is 0. The molecule has 1 N–H and O–H groups in total. The third-order valence-electron chi connectivity index (χ3n) is 2.80. The minimum Gasteiger partial charge on any atom is -0.480 e. The van der Waals surface area contributed by atoms with Crippen LogP contribution in [-0.4, -0.2) is 35.0 Å². The Kier molecular flexibility index (Phi) is 9.49. The number of nitrogens with zero attached hydrogens (tertiary/aromatic N) is 1. The Bertz CT molecular complexity index is 229. The average Bonchev–Trinajstić information content (AvgIpc) is 2.30. The van der Waals surface area contributed by atoms with Gasteiger partial charge in [-0.05, 0) is 13.3 Å². The van der Waals surface area contributed by atoms with Gasteiger partial charge in [-0.3, -0.25) is 9.59 Å². The molecule has 1 amide bonds. The van der Waals surface area contributed by atoms with Crippen LogP contribution in [0.5, 0.6) is 0 Å². The Hall–Kier alpha value is -1.06. The van der Waals surface area contributed by atoms with E-state index in [1.807, 2.05) is 6.92 Å². The van der Waals surface area contributed by atoms with Crippen molar-refractivity contribution in [2.45, 2.75) is 58.8 Å². The van der Waals surface area contributed by atoms with E-state index in [1.165, 1.54) is 30.6 Å². The molecule has 0 fully saturated rings. The first kappa shape index (κ1) is 15.9. The molecule has 0 spiro atoms. The lowest BCUT2D eigenvalue weighted by Crippen LogP contribution is -2.35. The second-order valence-corrected chi connectivity index (χ2v) is 4.32. The standard InChI is InChI=1S/C13H25NO3/c1-3-5-6-7-8-9-10-12(15)14(4-2)11-13(16)17/h3-11H2,1-2H3,(H,16,17). The number of carboxylic acid groups (broad SMARTS) is 1. The van der Waals surface area contributed by atoms with Crippen molar-refractivity contribution >= 4 is 11.9 Å². The van der Waals surface area contributed by atoms with Crippen LogP contribution in [0, 0.1) is 0 Å². The summed E-state index contributed by atoms with van der Waals surface area (Å²) >= 11 is 0. The molecule has 4 nitrogen and oxygen atoms in total. The molecule has 0 saturated carbocycles. The number of unbranched alkanes of at least 4 members (excludes halogenated alkanes) is 5. The Morgan fingerprint density at radius 2 is 1.59 bits per heavy atom. The lowest BCUT2D eigenvalue weighted by atomic mass is 10.1. The van der Waals surface area contributed by atoms with E-state index >= 15 is 0 Å². The molecular weight excluding hydrogens is 218 g/mol. The molecule has 0 aromatic heterocycles. The first-order valence-electron chi connectivity index (χ1n) is 6.61. The van der Waals surface area contributed by atoms with Gasteiger partial charge in [0.15, 0.2) is 0 Å². The molecule has 0 unspecified atom stereocenters. The molecule has 0 radical (unpaired) electrons. The van der Waals surface area contributed by atoms with Crippen molar-refractivity contribution in [2.75, 3.05) is 13.1 Å². The number of amides is 1. The van der Waals surface area contributed by atoms with Crippen LogP contribution in [0.1, 0.15) is 58.8 Å². The highest BCUT2D eigenvalue weighted by Crippen LogP contribution is 2.08. The fourth-order valence-corrected chi connectivity index (χ4v) is 1.75. The summed E-state index contributed by atoms with van der Waals surface area (Å²) in [5.74, 6) is -0.978. The number of rotatable bonds is 10. The molecular formula is C13H25NO3. The summed E-state index contributed by atoms with van der Waals surface area (Å²) in [6.45, 7) is 4.28. The molecule has 0 aromatic rings. The summed E-state index contributed by atoms with van der Waals surface area (Å²) in [5, 5.41) is 8.64. The first-order chi connectivity index (χ1) is 8.11. The van der Waals surface area contributed by atoms with Gasteiger partial charge in [-0.25, -0.2) is 0 Å². The third-order valence-corrected chi connectivity index (χ3v) is 2.80. The zero-order valence-electron chi connectivity index (χ0n) is 11.1. The third kappa shape index (κ3) is 8.72. The van der Waals surface area contributed by atoms with E-state index in [0.29, 0.717) is 13.0 Å². The van der Waals surface area contributed by atoms with Crippen molar-refractivity contribution in [1.82, 2.24) is 4.90 Å². The molecule has 0 bridgehead atoms. The highest BCUT2D eigenvalue weighted by atomic mass is 16.4. The van der Waals surface area contributed by atoms with Crippen LogP contribution in [0.25, 0.3) is 0 Å². The predicted octanol–water partition coefficient (Wildman–Crippen LogP) is 2.67. The highest BCUT2D eigenvalue weighted by Gasteiger charge is 2.13. The van der Waals surface area contributed by atoms with Gasteiger partial charge in [0, 0.05) is 13.0 Å². The molecule has 100 valence electrons. The minimum absolute atomic E-state index is 0.0367. The molecule has 0 aliphatic carbocycles. The van der Waals surface area contributed by atoms with E-state index in [4.69, 9.17) is 5.11 Å². The summed E-state index contributed by atoms with van der Waals surface area (Å²) in [7, 11) is 0. The Morgan fingerprint density at radius 3 is 2.12 bits per heavy atom. The lowest BCUT2D eigenvalue weighted by Gasteiger charge is -2.18. The van der Waals surface area contributed by atoms with Crippen molar-refractivity contribution in [3.8, 4) is 0 Å². The second-order valence-electron chi connectivity index (χ2n) is 4.32. The number of aliphatic carboxylic acids is 1. The van der Waals surface area contributed by atoms with Gasteiger partial charge in [0.2, 0.25) is 5.91 Å². The highest BCUT2D eigenvalue weighted by molar-refractivity contribution is 5.81. The van der Waals surface area contributed by atoms with E-state index in [0.717, 1.165) is 12.8 Å². The van der Waals surface area contributed by atoms with Gasteiger partial charge in [0.25, 0.3) is 0 Å². The average molecular weight is 243 g/mol. The molecule has 0 saturated heterocycles. The van der Waals surface area contributed by atoms with Crippen LogP contribution in [0.15, 0.2) is 0 Å². The maximum Gasteiger partial charge on any atom is 0.323 e. The number of carbonyl (C=O) groups excluding carboxylic acids is 1. The van der Waals surface area contributed by atoms with E-state index in [9.17, 15) is 9.59 Å². The molecule has 0 heterocycles. The molecule has 0 aliphatic rings. The largest absolute Gasteiger partial charge is 0.480 e. The van der Waals surface area contributed by atoms with Crippen LogP contribution >= 0.6 is 0 Å². The monoisotopic (exact) mass is 243 g/mol. The fourth-order valence-electron chi connectivity index (χ4n) is 1.75. The van der Waals surface area contributed by atoms with Crippen molar-refractivity contribution in [3.05, 3.63) is 0 Å². The molecule has 0 aromatic carbocycles. The van der Waals surface area contributed by atoms with Crippen LogP contribution in [0.2, 0.25) is 0 Å². The summed E-state index contributed by atoms with van der Waals surface area (Å²) in [6, 6.07) is 0. The van der Waals surface area contributed by atoms with Gasteiger partial charge in [0.05, 0.1) is 0 Å². The molecule has 4 heteroatoms. The van der Waals surface area contributed by atoms with Crippen molar-refractivity contribution in [3.63, 3.8) is 0 Å². The fraction of sp³-hybridized carbons (Fsp3) is 0.846. The first-order valence-corrected chi connectivity index (χ1v) is 6.61. The lowest BCUT2D eigenvalue weighted by molar-refractivity contribution is -0.144. The maximum absolute atomic E-state index is 11.7. The van der Waals surface area contributed by atoms with Crippen LogP contribution in [-0.2, 0) is 9.59 Å². The van der Waals surface area contributed by atoms with Crippen molar-refractivity contribution in [2.24, 2.45) is 0 Å². The summed E-state index contributed by atoms with van der Waals surface area (Å²) in [6.07, 6.45) is 7.31. The number of carbonyl (C=O) groups is 2. The minimum atomic E-state index is -0.942. The van der Waals surface area contributed by atoms with Crippen molar-refractivity contribution < 1.29 is 14.7 Å². The van der Waals surface area contributed by atoms with E-state index in [1.54, 1.807) is 0 Å². The van der Waals surface area contributed by atoms with E-state index in [2.05, 4.69) is 6.92 Å². The van der Waals surface area contributed by atoms with E-state index in [-0.39, 0.29) is 12.5 Å². The zero-order chi connectivity index (χ0) is 13.1. The van der Waals surface area contributed by atoms with Crippen LogP contribution in [0.3, 0.4) is 0 Å².